The Hall–Kier alpha value is -2.08. The lowest BCUT2D eigenvalue weighted by Gasteiger charge is -2.14. The summed E-state index contributed by atoms with van der Waals surface area (Å²) in [5, 5.41) is 6.64. The molecule has 2 N–H and O–H groups in total. The van der Waals surface area contributed by atoms with E-state index in [1.54, 1.807) is 17.8 Å². The minimum absolute atomic E-state index is 0.0489. The van der Waals surface area contributed by atoms with Gasteiger partial charge in [-0.1, -0.05) is 53.7 Å². The van der Waals surface area contributed by atoms with Crippen molar-refractivity contribution in [3.05, 3.63) is 83.6 Å². The van der Waals surface area contributed by atoms with Crippen molar-refractivity contribution in [2.24, 2.45) is 0 Å². The lowest BCUT2D eigenvalue weighted by Crippen LogP contribution is -2.19. The zero-order chi connectivity index (χ0) is 17.6. The minimum atomic E-state index is -0.462. The van der Waals surface area contributed by atoms with Crippen LogP contribution in [-0.2, 0) is 0 Å². The predicted molar refractivity (Wildman–Crippen MR) is 108 cm³/mol. The molecule has 0 saturated carbocycles. The molecule has 0 saturated heterocycles. The van der Waals surface area contributed by atoms with Gasteiger partial charge < -0.3 is 10.6 Å². The van der Waals surface area contributed by atoms with E-state index in [1.807, 2.05) is 42.5 Å². The Morgan fingerprint density at radius 2 is 1.64 bits per heavy atom. The molecule has 2 nitrogen and oxygen atoms in total. The SMILES string of the molecule is Fc1ccc(NC(=S)Nc2ccccc2Sc2ccccc2)cc1Cl. The zero-order valence-corrected chi connectivity index (χ0v) is 15.4. The van der Waals surface area contributed by atoms with Gasteiger partial charge in [0.05, 0.1) is 10.7 Å². The monoisotopic (exact) mass is 388 g/mol. The highest BCUT2D eigenvalue weighted by Gasteiger charge is 2.07. The maximum absolute atomic E-state index is 13.2. The van der Waals surface area contributed by atoms with Crippen LogP contribution in [0.3, 0.4) is 0 Å². The number of rotatable bonds is 4. The van der Waals surface area contributed by atoms with Crippen molar-refractivity contribution in [3.63, 3.8) is 0 Å². The Morgan fingerprint density at radius 1 is 0.920 bits per heavy atom. The molecule has 0 amide bonds. The third-order valence-corrected chi connectivity index (χ3v) is 4.86. The van der Waals surface area contributed by atoms with Gasteiger partial charge in [0.2, 0.25) is 0 Å². The summed E-state index contributed by atoms with van der Waals surface area (Å²) in [5.41, 5.74) is 1.51. The third kappa shape index (κ3) is 4.95. The van der Waals surface area contributed by atoms with Gasteiger partial charge in [0.15, 0.2) is 5.11 Å². The van der Waals surface area contributed by atoms with Gasteiger partial charge in [0, 0.05) is 15.5 Å². The molecule has 0 radical (unpaired) electrons. The molecule has 0 aliphatic heterocycles. The van der Waals surface area contributed by atoms with Crippen LogP contribution in [0.25, 0.3) is 0 Å². The van der Waals surface area contributed by atoms with Crippen LogP contribution in [0.15, 0.2) is 82.6 Å². The first kappa shape index (κ1) is 17.7. The molecule has 6 heteroatoms. The number of anilines is 2. The number of halogens is 2. The molecule has 0 heterocycles. The van der Waals surface area contributed by atoms with Crippen molar-refractivity contribution in [1.82, 2.24) is 0 Å². The molecule has 126 valence electrons. The van der Waals surface area contributed by atoms with Crippen LogP contribution >= 0.6 is 35.6 Å². The third-order valence-electron chi connectivity index (χ3n) is 3.28. The van der Waals surface area contributed by atoms with E-state index in [1.165, 1.54) is 12.1 Å². The van der Waals surface area contributed by atoms with Crippen LogP contribution in [0.5, 0.6) is 0 Å². The number of benzene rings is 3. The summed E-state index contributed by atoms with van der Waals surface area (Å²) in [6, 6.07) is 22.4. The Balaban J connectivity index is 1.72. The van der Waals surface area contributed by atoms with Crippen molar-refractivity contribution >= 4 is 52.1 Å². The van der Waals surface area contributed by atoms with Gasteiger partial charge in [-0.05, 0) is 54.7 Å². The van der Waals surface area contributed by atoms with E-state index in [0.717, 1.165) is 15.5 Å². The normalized spacial score (nSPS) is 10.3. The fourth-order valence-electron chi connectivity index (χ4n) is 2.13. The van der Waals surface area contributed by atoms with Crippen molar-refractivity contribution < 1.29 is 4.39 Å². The van der Waals surface area contributed by atoms with Gasteiger partial charge >= 0.3 is 0 Å². The Morgan fingerprint density at radius 3 is 2.40 bits per heavy atom. The first-order valence-electron chi connectivity index (χ1n) is 7.47. The summed E-state index contributed by atoms with van der Waals surface area (Å²) in [7, 11) is 0. The van der Waals surface area contributed by atoms with E-state index in [4.69, 9.17) is 23.8 Å². The quantitative estimate of drug-likeness (QED) is 0.502. The van der Waals surface area contributed by atoms with Crippen LogP contribution < -0.4 is 10.6 Å². The predicted octanol–water partition coefficient (Wildman–Crippen LogP) is 6.44. The second kappa shape index (κ2) is 8.34. The molecule has 3 aromatic rings. The maximum atomic E-state index is 13.2. The minimum Gasteiger partial charge on any atom is -0.332 e. The molecule has 3 rings (SSSR count). The van der Waals surface area contributed by atoms with E-state index in [2.05, 4.69) is 22.8 Å². The zero-order valence-electron chi connectivity index (χ0n) is 13.0. The topological polar surface area (TPSA) is 24.1 Å². The van der Waals surface area contributed by atoms with E-state index in [9.17, 15) is 4.39 Å². The molecule has 25 heavy (non-hydrogen) atoms. The van der Waals surface area contributed by atoms with Gasteiger partial charge in [-0.3, -0.25) is 0 Å². The summed E-state index contributed by atoms with van der Waals surface area (Å²) in [4.78, 5) is 2.19. The molecular weight excluding hydrogens is 375 g/mol. The maximum Gasteiger partial charge on any atom is 0.175 e. The molecule has 0 aliphatic carbocycles. The van der Waals surface area contributed by atoms with E-state index in [0.29, 0.717) is 10.8 Å². The molecule has 3 aromatic carbocycles. The summed E-state index contributed by atoms with van der Waals surface area (Å²) >= 11 is 12.8. The van der Waals surface area contributed by atoms with Gasteiger partial charge in [0.1, 0.15) is 5.82 Å². The number of hydrogen-bond donors (Lipinski definition) is 2. The number of hydrogen-bond acceptors (Lipinski definition) is 2. The van der Waals surface area contributed by atoms with E-state index < -0.39 is 5.82 Å². The number of thiocarbonyl (C=S) groups is 1. The highest BCUT2D eigenvalue weighted by molar-refractivity contribution is 7.99. The van der Waals surface area contributed by atoms with E-state index in [-0.39, 0.29) is 5.02 Å². The van der Waals surface area contributed by atoms with Gasteiger partial charge in [-0.2, -0.15) is 0 Å². The molecule has 0 fully saturated rings. The Kier molecular flexibility index (Phi) is 5.91. The first-order valence-corrected chi connectivity index (χ1v) is 9.07. The van der Waals surface area contributed by atoms with Crippen LogP contribution in [0.2, 0.25) is 5.02 Å². The highest BCUT2D eigenvalue weighted by atomic mass is 35.5. The number of nitrogens with one attached hydrogen (secondary N) is 2. The summed E-state index contributed by atoms with van der Waals surface area (Å²) in [5.74, 6) is -0.462. The summed E-state index contributed by atoms with van der Waals surface area (Å²) < 4.78 is 13.2. The highest BCUT2D eigenvalue weighted by Crippen LogP contribution is 2.33. The molecule has 0 bridgehead atoms. The Bertz CT molecular complexity index is 888. The second-order valence-corrected chi connectivity index (χ2v) is 7.05. The summed E-state index contributed by atoms with van der Waals surface area (Å²) in [6.45, 7) is 0. The largest absolute Gasteiger partial charge is 0.332 e. The van der Waals surface area contributed by atoms with E-state index >= 15 is 0 Å². The second-order valence-electron chi connectivity index (χ2n) is 5.12. The lowest BCUT2D eigenvalue weighted by atomic mass is 10.3. The van der Waals surface area contributed by atoms with Crippen LogP contribution in [-0.4, -0.2) is 5.11 Å². The van der Waals surface area contributed by atoms with Crippen molar-refractivity contribution in [2.45, 2.75) is 9.79 Å². The fraction of sp³-hybridized carbons (Fsp3) is 0. The fourth-order valence-corrected chi connectivity index (χ4v) is 3.46. The lowest BCUT2D eigenvalue weighted by molar-refractivity contribution is 0.628. The van der Waals surface area contributed by atoms with Gasteiger partial charge in [-0.25, -0.2) is 4.39 Å². The molecule has 0 unspecified atom stereocenters. The summed E-state index contributed by atoms with van der Waals surface area (Å²) in [6.07, 6.45) is 0. The van der Waals surface area contributed by atoms with Gasteiger partial charge in [0.25, 0.3) is 0 Å². The average Bonchev–Trinajstić information content (AvgIpc) is 2.61. The Labute approximate surface area is 160 Å². The molecule has 0 aromatic heterocycles. The number of para-hydroxylation sites is 1. The van der Waals surface area contributed by atoms with Crippen molar-refractivity contribution in [2.75, 3.05) is 10.6 Å². The van der Waals surface area contributed by atoms with Crippen LogP contribution in [0.4, 0.5) is 15.8 Å². The van der Waals surface area contributed by atoms with Crippen molar-refractivity contribution in [1.29, 1.82) is 0 Å². The smallest absolute Gasteiger partial charge is 0.175 e. The van der Waals surface area contributed by atoms with Crippen LogP contribution in [0.1, 0.15) is 0 Å². The molecule has 0 spiro atoms. The molecular formula is C19H14ClFN2S2. The van der Waals surface area contributed by atoms with Crippen LogP contribution in [0, 0.1) is 5.82 Å². The van der Waals surface area contributed by atoms with Crippen molar-refractivity contribution in [3.8, 4) is 0 Å². The molecule has 0 atom stereocenters. The first-order chi connectivity index (χ1) is 12.1. The molecule has 0 aliphatic rings. The van der Waals surface area contributed by atoms with Gasteiger partial charge in [-0.15, -0.1) is 0 Å². The average molecular weight is 389 g/mol. The standard InChI is InChI=1S/C19H14ClFN2S2/c20-15-12-13(10-11-16(15)21)22-19(24)23-17-8-4-5-9-18(17)25-14-6-2-1-3-7-14/h1-12H,(H2,22,23,24).